The Morgan fingerprint density at radius 1 is 1.29 bits per heavy atom. The highest BCUT2D eigenvalue weighted by atomic mass is 16.5. The van der Waals surface area contributed by atoms with Gasteiger partial charge in [-0.25, -0.2) is 0 Å². The third-order valence-electron chi connectivity index (χ3n) is 4.75. The van der Waals surface area contributed by atoms with Gasteiger partial charge in [0.2, 0.25) is 0 Å². The number of methoxy groups -OCH3 is 2. The first-order valence-corrected chi connectivity index (χ1v) is 7.80. The highest BCUT2D eigenvalue weighted by Crippen LogP contribution is 2.34. The molecule has 0 amide bonds. The Morgan fingerprint density at radius 2 is 2.10 bits per heavy atom. The van der Waals surface area contributed by atoms with Gasteiger partial charge in [0.15, 0.2) is 11.5 Å². The van der Waals surface area contributed by atoms with Crippen molar-refractivity contribution in [3.8, 4) is 11.5 Å². The van der Waals surface area contributed by atoms with Crippen molar-refractivity contribution in [2.24, 2.45) is 0 Å². The number of hydrogen-bond donors (Lipinski definition) is 1. The predicted molar refractivity (Wildman–Crippen MR) is 81.8 cm³/mol. The van der Waals surface area contributed by atoms with Crippen molar-refractivity contribution in [3.05, 3.63) is 18.0 Å². The first kappa shape index (κ1) is 14.6. The van der Waals surface area contributed by atoms with Crippen LogP contribution in [0.1, 0.15) is 31.4 Å². The van der Waals surface area contributed by atoms with Crippen LogP contribution in [0.5, 0.6) is 11.5 Å². The molecule has 0 unspecified atom stereocenters. The molecule has 1 spiro atoms. The summed E-state index contributed by atoms with van der Waals surface area (Å²) in [5.74, 6) is 1.52. The summed E-state index contributed by atoms with van der Waals surface area (Å²) in [5, 5.41) is 3.74. The normalized spacial score (nSPS) is 21.6. The lowest BCUT2D eigenvalue weighted by Gasteiger charge is -2.41. The van der Waals surface area contributed by atoms with E-state index in [1.165, 1.54) is 25.7 Å². The van der Waals surface area contributed by atoms with E-state index in [0.717, 1.165) is 43.4 Å². The molecule has 116 valence electrons. The van der Waals surface area contributed by atoms with Crippen LogP contribution in [-0.2, 0) is 6.54 Å². The molecule has 1 aromatic rings. The summed E-state index contributed by atoms with van der Waals surface area (Å²) in [6.45, 7) is 4.05. The molecule has 1 N–H and O–H groups in total. The standard InChI is InChI=1S/C16H25N3O2/c1-20-14-5-8-17-13(15(14)21-2)11-19-10-9-18-16(12-19)6-3-4-7-16/h5,8,18H,3-4,6-7,9-12H2,1-2H3. The van der Waals surface area contributed by atoms with Gasteiger partial charge in [-0.05, 0) is 12.8 Å². The first-order valence-electron chi connectivity index (χ1n) is 7.80. The molecule has 1 aliphatic carbocycles. The van der Waals surface area contributed by atoms with Crippen molar-refractivity contribution in [1.29, 1.82) is 0 Å². The number of rotatable bonds is 4. The largest absolute Gasteiger partial charge is 0.493 e. The molecular formula is C16H25N3O2. The number of pyridine rings is 1. The fourth-order valence-electron chi connectivity index (χ4n) is 3.74. The number of ether oxygens (including phenoxy) is 2. The molecule has 0 bridgehead atoms. The van der Waals surface area contributed by atoms with Gasteiger partial charge in [0, 0.05) is 44.0 Å². The molecule has 0 atom stereocenters. The minimum absolute atomic E-state index is 0.338. The second-order valence-electron chi connectivity index (χ2n) is 6.12. The summed E-state index contributed by atoms with van der Waals surface area (Å²) in [5.41, 5.74) is 1.30. The zero-order chi connectivity index (χ0) is 14.7. The van der Waals surface area contributed by atoms with Crippen LogP contribution < -0.4 is 14.8 Å². The monoisotopic (exact) mass is 291 g/mol. The van der Waals surface area contributed by atoms with Crippen molar-refractivity contribution < 1.29 is 9.47 Å². The maximum Gasteiger partial charge on any atom is 0.183 e. The topological polar surface area (TPSA) is 46.6 Å². The smallest absolute Gasteiger partial charge is 0.183 e. The molecule has 3 rings (SSSR count). The Hall–Kier alpha value is -1.33. The van der Waals surface area contributed by atoms with E-state index in [1.54, 1.807) is 20.4 Å². The highest BCUT2D eigenvalue weighted by molar-refractivity contribution is 5.42. The highest BCUT2D eigenvalue weighted by Gasteiger charge is 2.37. The second-order valence-corrected chi connectivity index (χ2v) is 6.12. The Bertz CT molecular complexity index is 486. The van der Waals surface area contributed by atoms with Gasteiger partial charge in [0.1, 0.15) is 5.69 Å². The molecule has 0 aromatic carbocycles. The molecule has 5 heteroatoms. The van der Waals surface area contributed by atoms with E-state index >= 15 is 0 Å². The van der Waals surface area contributed by atoms with E-state index < -0.39 is 0 Å². The summed E-state index contributed by atoms with van der Waals surface area (Å²) >= 11 is 0. The Labute approximate surface area is 126 Å². The van der Waals surface area contributed by atoms with E-state index in [2.05, 4.69) is 15.2 Å². The molecule has 1 saturated heterocycles. The van der Waals surface area contributed by atoms with Crippen LogP contribution in [0.4, 0.5) is 0 Å². The predicted octanol–water partition coefficient (Wildman–Crippen LogP) is 1.82. The molecule has 1 aromatic heterocycles. The molecule has 5 nitrogen and oxygen atoms in total. The molecule has 1 saturated carbocycles. The quantitative estimate of drug-likeness (QED) is 0.917. The minimum Gasteiger partial charge on any atom is -0.493 e. The van der Waals surface area contributed by atoms with Crippen LogP contribution in [0.3, 0.4) is 0 Å². The number of piperazine rings is 1. The number of hydrogen-bond acceptors (Lipinski definition) is 5. The zero-order valence-corrected chi connectivity index (χ0v) is 13.0. The van der Waals surface area contributed by atoms with Crippen LogP contribution in [-0.4, -0.2) is 49.3 Å². The Kier molecular flexibility index (Phi) is 4.31. The molecule has 2 heterocycles. The molecule has 1 aliphatic heterocycles. The van der Waals surface area contributed by atoms with Crippen molar-refractivity contribution in [1.82, 2.24) is 15.2 Å². The van der Waals surface area contributed by atoms with E-state index in [1.807, 2.05) is 6.07 Å². The summed E-state index contributed by atoms with van der Waals surface area (Å²) in [6, 6.07) is 1.85. The Morgan fingerprint density at radius 3 is 2.81 bits per heavy atom. The Balaban J connectivity index is 1.74. The lowest BCUT2D eigenvalue weighted by Crippen LogP contribution is -2.58. The SMILES string of the molecule is COc1ccnc(CN2CCNC3(CCCC3)C2)c1OC. The third-order valence-corrected chi connectivity index (χ3v) is 4.75. The van der Waals surface area contributed by atoms with Gasteiger partial charge in [-0.1, -0.05) is 12.8 Å². The van der Waals surface area contributed by atoms with Gasteiger partial charge in [0.25, 0.3) is 0 Å². The third kappa shape index (κ3) is 2.99. The summed E-state index contributed by atoms with van der Waals surface area (Å²) in [6.07, 6.45) is 7.09. The van der Waals surface area contributed by atoms with Crippen LogP contribution in [0, 0.1) is 0 Å². The number of aromatic nitrogens is 1. The van der Waals surface area contributed by atoms with Crippen LogP contribution in [0.2, 0.25) is 0 Å². The summed E-state index contributed by atoms with van der Waals surface area (Å²) in [7, 11) is 3.35. The minimum atomic E-state index is 0.338. The fourth-order valence-corrected chi connectivity index (χ4v) is 3.74. The molecular weight excluding hydrogens is 266 g/mol. The van der Waals surface area contributed by atoms with Gasteiger partial charge < -0.3 is 14.8 Å². The molecule has 2 fully saturated rings. The van der Waals surface area contributed by atoms with Gasteiger partial charge in [-0.3, -0.25) is 9.88 Å². The van der Waals surface area contributed by atoms with Crippen molar-refractivity contribution in [2.75, 3.05) is 33.9 Å². The van der Waals surface area contributed by atoms with Gasteiger partial charge in [-0.15, -0.1) is 0 Å². The molecule has 0 radical (unpaired) electrons. The summed E-state index contributed by atoms with van der Waals surface area (Å²) in [4.78, 5) is 6.99. The van der Waals surface area contributed by atoms with E-state index in [4.69, 9.17) is 9.47 Å². The molecule has 2 aliphatic rings. The van der Waals surface area contributed by atoms with Crippen molar-refractivity contribution >= 4 is 0 Å². The maximum absolute atomic E-state index is 5.50. The molecule has 21 heavy (non-hydrogen) atoms. The zero-order valence-electron chi connectivity index (χ0n) is 13.0. The first-order chi connectivity index (χ1) is 10.3. The van der Waals surface area contributed by atoms with Crippen molar-refractivity contribution in [2.45, 2.75) is 37.8 Å². The summed E-state index contributed by atoms with van der Waals surface area (Å²) < 4.78 is 10.9. The van der Waals surface area contributed by atoms with E-state index in [9.17, 15) is 0 Å². The lowest BCUT2D eigenvalue weighted by molar-refractivity contribution is 0.126. The number of nitrogens with zero attached hydrogens (tertiary/aromatic N) is 2. The average Bonchev–Trinajstić information content (AvgIpc) is 2.94. The van der Waals surface area contributed by atoms with Crippen molar-refractivity contribution in [3.63, 3.8) is 0 Å². The second kappa shape index (κ2) is 6.20. The van der Waals surface area contributed by atoms with Gasteiger partial charge in [-0.2, -0.15) is 0 Å². The average molecular weight is 291 g/mol. The van der Waals surface area contributed by atoms with Crippen LogP contribution >= 0.6 is 0 Å². The number of nitrogens with one attached hydrogen (secondary N) is 1. The van der Waals surface area contributed by atoms with Gasteiger partial charge >= 0.3 is 0 Å². The lowest BCUT2D eigenvalue weighted by atomic mass is 9.94. The maximum atomic E-state index is 5.50. The van der Waals surface area contributed by atoms with Crippen LogP contribution in [0.25, 0.3) is 0 Å². The van der Waals surface area contributed by atoms with Gasteiger partial charge in [0.05, 0.1) is 14.2 Å². The van der Waals surface area contributed by atoms with E-state index in [-0.39, 0.29) is 0 Å². The fraction of sp³-hybridized carbons (Fsp3) is 0.688. The van der Waals surface area contributed by atoms with Crippen LogP contribution in [0.15, 0.2) is 12.3 Å². The van der Waals surface area contributed by atoms with E-state index in [0.29, 0.717) is 5.54 Å².